The summed E-state index contributed by atoms with van der Waals surface area (Å²) >= 11 is 3.47. The summed E-state index contributed by atoms with van der Waals surface area (Å²) in [6.07, 6.45) is -0.111. The molecule has 29 heavy (non-hydrogen) atoms. The van der Waals surface area contributed by atoms with E-state index in [4.69, 9.17) is 4.74 Å². The van der Waals surface area contributed by atoms with Crippen molar-refractivity contribution in [1.29, 1.82) is 0 Å². The average molecular weight is 461 g/mol. The standard InChI is InChI=1S/C22H25BrN2O4/c1-13-6-5-7-14(2)22(13)25-18(26)8-9-20(28)29-12-19(27)24-17-10-15(3)21(23)16(4)11-17/h5-7,10-11H,8-9,12H2,1-4H3,(H,24,27)(H,25,26). The van der Waals surface area contributed by atoms with Crippen molar-refractivity contribution in [3.05, 3.63) is 57.1 Å². The van der Waals surface area contributed by atoms with Gasteiger partial charge in [-0.2, -0.15) is 0 Å². The maximum absolute atomic E-state index is 12.1. The molecule has 0 atom stereocenters. The first-order chi connectivity index (χ1) is 13.7. The van der Waals surface area contributed by atoms with Crippen molar-refractivity contribution in [3.63, 3.8) is 0 Å². The second kappa shape index (κ2) is 10.2. The maximum atomic E-state index is 12.1. The van der Waals surface area contributed by atoms with E-state index in [1.54, 1.807) is 0 Å². The molecule has 2 aromatic rings. The van der Waals surface area contributed by atoms with Gasteiger partial charge in [-0.3, -0.25) is 14.4 Å². The van der Waals surface area contributed by atoms with Gasteiger partial charge in [-0.25, -0.2) is 0 Å². The van der Waals surface area contributed by atoms with E-state index in [1.165, 1.54) is 0 Å². The lowest BCUT2D eigenvalue weighted by Gasteiger charge is -2.11. The number of nitrogens with one attached hydrogen (secondary N) is 2. The van der Waals surface area contributed by atoms with Crippen LogP contribution in [0.4, 0.5) is 11.4 Å². The van der Waals surface area contributed by atoms with Crippen LogP contribution in [0.1, 0.15) is 35.1 Å². The normalized spacial score (nSPS) is 10.4. The Hall–Kier alpha value is -2.67. The van der Waals surface area contributed by atoms with Crippen LogP contribution >= 0.6 is 15.9 Å². The van der Waals surface area contributed by atoms with Crippen molar-refractivity contribution in [1.82, 2.24) is 0 Å². The van der Waals surface area contributed by atoms with Crippen molar-refractivity contribution >= 4 is 45.1 Å². The fraction of sp³-hybridized carbons (Fsp3) is 0.318. The Morgan fingerprint density at radius 2 is 1.45 bits per heavy atom. The monoisotopic (exact) mass is 460 g/mol. The second-order valence-electron chi connectivity index (χ2n) is 6.95. The van der Waals surface area contributed by atoms with Crippen LogP contribution in [0.3, 0.4) is 0 Å². The lowest BCUT2D eigenvalue weighted by molar-refractivity contribution is -0.147. The molecule has 0 unspecified atom stereocenters. The van der Waals surface area contributed by atoms with Crippen LogP contribution in [0, 0.1) is 27.7 Å². The van der Waals surface area contributed by atoms with E-state index < -0.39 is 18.5 Å². The third kappa shape index (κ3) is 6.71. The summed E-state index contributed by atoms with van der Waals surface area (Å²) in [5, 5.41) is 5.52. The third-order valence-electron chi connectivity index (χ3n) is 4.39. The van der Waals surface area contributed by atoms with Gasteiger partial charge in [-0.05, 0) is 62.1 Å². The quantitative estimate of drug-likeness (QED) is 0.591. The number of rotatable bonds is 7. The summed E-state index contributed by atoms with van der Waals surface area (Å²) in [6.45, 7) is 7.27. The molecule has 154 valence electrons. The lowest BCUT2D eigenvalue weighted by Crippen LogP contribution is -2.22. The predicted molar refractivity (Wildman–Crippen MR) is 117 cm³/mol. The molecule has 0 radical (unpaired) electrons. The van der Waals surface area contributed by atoms with Gasteiger partial charge in [0.1, 0.15) is 0 Å². The Balaban J connectivity index is 1.76. The first-order valence-corrected chi connectivity index (χ1v) is 10.0. The second-order valence-corrected chi connectivity index (χ2v) is 7.74. The van der Waals surface area contributed by atoms with Crippen LogP contribution in [-0.4, -0.2) is 24.4 Å². The zero-order valence-electron chi connectivity index (χ0n) is 17.0. The lowest BCUT2D eigenvalue weighted by atomic mass is 10.1. The zero-order valence-corrected chi connectivity index (χ0v) is 18.6. The summed E-state index contributed by atoms with van der Waals surface area (Å²) in [4.78, 5) is 35.9. The Kier molecular flexibility index (Phi) is 7.96. The molecule has 7 heteroatoms. The molecule has 0 aromatic heterocycles. The minimum atomic E-state index is -0.597. The van der Waals surface area contributed by atoms with Gasteiger partial charge in [-0.1, -0.05) is 34.1 Å². The minimum Gasteiger partial charge on any atom is -0.456 e. The molecule has 2 amide bonds. The summed E-state index contributed by atoms with van der Waals surface area (Å²) in [7, 11) is 0. The highest BCUT2D eigenvalue weighted by Crippen LogP contribution is 2.25. The van der Waals surface area contributed by atoms with Crippen molar-refractivity contribution in [2.24, 2.45) is 0 Å². The van der Waals surface area contributed by atoms with Crippen molar-refractivity contribution in [3.8, 4) is 0 Å². The number of esters is 1. The molecule has 0 aliphatic rings. The number of halogens is 1. The van der Waals surface area contributed by atoms with E-state index >= 15 is 0 Å². The smallest absolute Gasteiger partial charge is 0.306 e. The Labute approximate surface area is 179 Å². The summed E-state index contributed by atoms with van der Waals surface area (Å²) < 4.78 is 5.96. The van der Waals surface area contributed by atoms with E-state index in [-0.39, 0.29) is 18.7 Å². The molecule has 0 spiro atoms. The van der Waals surface area contributed by atoms with Gasteiger partial charge in [0.2, 0.25) is 5.91 Å². The number of carbonyl (C=O) groups is 3. The number of aryl methyl sites for hydroxylation is 4. The minimum absolute atomic E-state index is 0.0146. The van der Waals surface area contributed by atoms with Crippen LogP contribution in [0.25, 0.3) is 0 Å². The molecule has 2 rings (SSSR count). The predicted octanol–water partition coefficient (Wildman–Crippen LogP) is 4.58. The Morgan fingerprint density at radius 3 is 2.03 bits per heavy atom. The van der Waals surface area contributed by atoms with E-state index in [0.717, 1.165) is 32.4 Å². The highest BCUT2D eigenvalue weighted by molar-refractivity contribution is 9.10. The topological polar surface area (TPSA) is 84.5 Å². The highest BCUT2D eigenvalue weighted by Gasteiger charge is 2.13. The first-order valence-electron chi connectivity index (χ1n) is 9.25. The van der Waals surface area contributed by atoms with Crippen LogP contribution in [-0.2, 0) is 19.1 Å². The zero-order chi connectivity index (χ0) is 21.6. The SMILES string of the molecule is Cc1cc(NC(=O)COC(=O)CCC(=O)Nc2c(C)cccc2C)cc(C)c1Br. The third-order valence-corrected chi connectivity index (χ3v) is 5.64. The Bertz CT molecular complexity index is 897. The van der Waals surface area contributed by atoms with E-state index in [1.807, 2.05) is 58.0 Å². The van der Waals surface area contributed by atoms with Gasteiger partial charge in [0.05, 0.1) is 6.42 Å². The van der Waals surface area contributed by atoms with Gasteiger partial charge < -0.3 is 15.4 Å². The van der Waals surface area contributed by atoms with Gasteiger partial charge in [0, 0.05) is 22.3 Å². The summed E-state index contributed by atoms with van der Waals surface area (Å²) in [6, 6.07) is 9.39. The molecular weight excluding hydrogens is 436 g/mol. The molecule has 0 saturated carbocycles. The molecule has 0 aliphatic heterocycles. The van der Waals surface area contributed by atoms with Crippen molar-refractivity contribution in [2.75, 3.05) is 17.2 Å². The molecular formula is C22H25BrN2O4. The fourth-order valence-corrected chi connectivity index (χ4v) is 3.09. The number of para-hydroxylation sites is 1. The van der Waals surface area contributed by atoms with Crippen LogP contribution in [0.2, 0.25) is 0 Å². The maximum Gasteiger partial charge on any atom is 0.306 e. The van der Waals surface area contributed by atoms with Crippen LogP contribution in [0.5, 0.6) is 0 Å². The van der Waals surface area contributed by atoms with E-state index in [9.17, 15) is 14.4 Å². The van der Waals surface area contributed by atoms with Gasteiger partial charge in [-0.15, -0.1) is 0 Å². The molecule has 2 aromatic carbocycles. The largest absolute Gasteiger partial charge is 0.456 e. The molecule has 0 fully saturated rings. The van der Waals surface area contributed by atoms with Gasteiger partial charge in [0.15, 0.2) is 6.61 Å². The molecule has 0 saturated heterocycles. The molecule has 6 nitrogen and oxygen atoms in total. The van der Waals surface area contributed by atoms with E-state index in [2.05, 4.69) is 26.6 Å². The number of carbonyl (C=O) groups excluding carboxylic acids is 3. The van der Waals surface area contributed by atoms with Gasteiger partial charge in [0.25, 0.3) is 5.91 Å². The molecule has 2 N–H and O–H groups in total. The number of hydrogen-bond acceptors (Lipinski definition) is 4. The van der Waals surface area contributed by atoms with Gasteiger partial charge >= 0.3 is 5.97 Å². The highest BCUT2D eigenvalue weighted by atomic mass is 79.9. The number of anilines is 2. The molecule has 0 aliphatic carbocycles. The summed E-state index contributed by atoms with van der Waals surface area (Å²) in [5.74, 6) is -1.30. The molecule has 0 bridgehead atoms. The number of ether oxygens (including phenoxy) is 1. The first kappa shape index (κ1) is 22.6. The van der Waals surface area contributed by atoms with Crippen LogP contribution in [0.15, 0.2) is 34.8 Å². The Morgan fingerprint density at radius 1 is 0.862 bits per heavy atom. The number of benzene rings is 2. The van der Waals surface area contributed by atoms with Crippen molar-refractivity contribution < 1.29 is 19.1 Å². The van der Waals surface area contributed by atoms with Crippen LogP contribution < -0.4 is 10.6 Å². The van der Waals surface area contributed by atoms with Crippen molar-refractivity contribution in [2.45, 2.75) is 40.5 Å². The number of amides is 2. The summed E-state index contributed by atoms with van der Waals surface area (Å²) in [5.41, 5.74) is 5.29. The number of hydrogen-bond donors (Lipinski definition) is 2. The molecule has 0 heterocycles. The average Bonchev–Trinajstić information content (AvgIpc) is 2.65. The fourth-order valence-electron chi connectivity index (χ4n) is 2.86. The van der Waals surface area contributed by atoms with E-state index in [0.29, 0.717) is 5.69 Å².